The van der Waals surface area contributed by atoms with E-state index < -0.39 is 6.10 Å². The topological polar surface area (TPSA) is 78.9 Å². The van der Waals surface area contributed by atoms with E-state index in [0.717, 1.165) is 154 Å². The van der Waals surface area contributed by atoms with Gasteiger partial charge in [-0.05, 0) is 109 Å². The summed E-state index contributed by atoms with van der Waals surface area (Å²) >= 11 is 0. The van der Waals surface area contributed by atoms with E-state index in [9.17, 15) is 14.4 Å². The molecule has 0 aromatic rings. The van der Waals surface area contributed by atoms with Gasteiger partial charge in [-0.25, -0.2) is 0 Å². The number of esters is 3. The van der Waals surface area contributed by atoms with Crippen LogP contribution in [0.5, 0.6) is 0 Å². The molecule has 6 nitrogen and oxygen atoms in total. The van der Waals surface area contributed by atoms with Gasteiger partial charge in [0.25, 0.3) is 0 Å². The Morgan fingerprint density at radius 1 is 0.323 bits per heavy atom. The first-order valence-electron chi connectivity index (χ1n) is 26.7. The maximum absolute atomic E-state index is 12.8. The predicted molar refractivity (Wildman–Crippen MR) is 279 cm³/mol. The fourth-order valence-corrected chi connectivity index (χ4v) is 7.04. The molecular weight excluding hydrogens is 805 g/mol. The van der Waals surface area contributed by atoms with Gasteiger partial charge >= 0.3 is 17.9 Å². The van der Waals surface area contributed by atoms with Crippen LogP contribution in [0, 0.1) is 0 Å². The molecule has 0 rings (SSSR count). The van der Waals surface area contributed by atoms with Gasteiger partial charge in [-0.15, -0.1) is 0 Å². The second-order valence-corrected chi connectivity index (χ2v) is 17.4. The lowest BCUT2D eigenvalue weighted by Gasteiger charge is -2.18. The highest BCUT2D eigenvalue weighted by Gasteiger charge is 2.19. The quantitative estimate of drug-likeness (QED) is 0.0262. The number of ether oxygens (including phenoxy) is 3. The molecule has 0 radical (unpaired) electrons. The summed E-state index contributed by atoms with van der Waals surface area (Å²) in [6, 6.07) is 0. The summed E-state index contributed by atoms with van der Waals surface area (Å²) in [5, 5.41) is 0. The summed E-state index contributed by atoms with van der Waals surface area (Å²) in [5.41, 5.74) is 0. The number of hydrogen-bond donors (Lipinski definition) is 0. The normalized spacial score (nSPS) is 12.8. The highest BCUT2D eigenvalue weighted by molar-refractivity contribution is 5.71. The third kappa shape index (κ3) is 51.2. The van der Waals surface area contributed by atoms with Crippen molar-refractivity contribution >= 4 is 17.9 Å². The van der Waals surface area contributed by atoms with Crippen LogP contribution in [0.2, 0.25) is 0 Å². The summed E-state index contributed by atoms with van der Waals surface area (Å²) in [4.78, 5) is 38.0. The van der Waals surface area contributed by atoms with Gasteiger partial charge in [-0.1, -0.05) is 208 Å². The third-order valence-corrected chi connectivity index (χ3v) is 11.0. The van der Waals surface area contributed by atoms with Crippen molar-refractivity contribution in [2.75, 3.05) is 13.2 Å². The molecule has 0 aliphatic carbocycles. The van der Waals surface area contributed by atoms with Crippen molar-refractivity contribution in [1.82, 2.24) is 0 Å². The Bertz CT molecular complexity index is 1310. The van der Waals surface area contributed by atoms with Gasteiger partial charge in [0.05, 0.1) is 0 Å². The van der Waals surface area contributed by atoms with Gasteiger partial charge in [0.15, 0.2) is 6.10 Å². The second kappa shape index (κ2) is 52.9. The molecule has 0 saturated heterocycles. The van der Waals surface area contributed by atoms with Gasteiger partial charge in [0.2, 0.25) is 0 Å². The van der Waals surface area contributed by atoms with E-state index in [4.69, 9.17) is 14.2 Å². The molecule has 0 aliphatic heterocycles. The van der Waals surface area contributed by atoms with Gasteiger partial charge in [0, 0.05) is 19.3 Å². The number of allylic oxidation sites excluding steroid dienone is 16. The van der Waals surface area contributed by atoms with Gasteiger partial charge in [0.1, 0.15) is 13.2 Å². The Hall–Kier alpha value is -3.67. The summed E-state index contributed by atoms with van der Waals surface area (Å²) in [5.74, 6) is -0.931. The molecule has 6 heteroatoms. The molecule has 370 valence electrons. The predicted octanol–water partition coefficient (Wildman–Crippen LogP) is 17.8. The Morgan fingerprint density at radius 3 is 0.938 bits per heavy atom. The van der Waals surface area contributed by atoms with Crippen molar-refractivity contribution in [2.24, 2.45) is 0 Å². The van der Waals surface area contributed by atoms with E-state index in [1.165, 1.54) is 44.9 Å². The zero-order valence-corrected chi connectivity index (χ0v) is 42.2. The smallest absolute Gasteiger partial charge is 0.306 e. The molecule has 0 aliphatic rings. The second-order valence-electron chi connectivity index (χ2n) is 17.4. The van der Waals surface area contributed by atoms with Crippen LogP contribution in [0.3, 0.4) is 0 Å². The van der Waals surface area contributed by atoms with E-state index in [-0.39, 0.29) is 31.1 Å². The van der Waals surface area contributed by atoms with Gasteiger partial charge in [-0.2, -0.15) is 0 Å². The molecule has 0 spiro atoms. The SMILES string of the molecule is CC/C=C\C/C=C\C/C=C\C/C=C\CCCCCCCCCCC(=O)OCC(COC(=O)CCCCCCC/C=C\C/C=C\CCC)OC(=O)CCCCCCC/C=C\C/C=C\CCC. The highest BCUT2D eigenvalue weighted by Crippen LogP contribution is 2.14. The van der Waals surface area contributed by atoms with Crippen molar-refractivity contribution < 1.29 is 28.6 Å². The van der Waals surface area contributed by atoms with Crippen LogP contribution < -0.4 is 0 Å². The fourth-order valence-electron chi connectivity index (χ4n) is 7.04. The Balaban J connectivity index is 4.38. The van der Waals surface area contributed by atoms with Crippen LogP contribution >= 0.6 is 0 Å². The lowest BCUT2D eigenvalue weighted by atomic mass is 10.1. The summed E-state index contributed by atoms with van der Waals surface area (Å²) in [6.45, 7) is 6.36. The number of carbonyl (C=O) groups excluding carboxylic acids is 3. The highest BCUT2D eigenvalue weighted by atomic mass is 16.6. The number of carbonyl (C=O) groups is 3. The Kier molecular flexibility index (Phi) is 50.0. The molecule has 0 fully saturated rings. The maximum Gasteiger partial charge on any atom is 0.306 e. The molecule has 0 aromatic heterocycles. The molecule has 0 amide bonds. The molecule has 0 aromatic carbocycles. The van der Waals surface area contributed by atoms with Crippen LogP contribution in [0.4, 0.5) is 0 Å². The van der Waals surface area contributed by atoms with E-state index in [1.54, 1.807) is 0 Å². The van der Waals surface area contributed by atoms with Crippen LogP contribution in [0.15, 0.2) is 97.2 Å². The molecule has 0 heterocycles. The monoisotopic (exact) mass is 903 g/mol. The van der Waals surface area contributed by atoms with Crippen LogP contribution in [0.1, 0.15) is 239 Å². The van der Waals surface area contributed by atoms with Crippen LogP contribution in [-0.4, -0.2) is 37.2 Å². The molecule has 1 atom stereocenters. The molecule has 0 bridgehead atoms. The summed E-state index contributed by atoms with van der Waals surface area (Å²) in [6.07, 6.45) is 69.6. The van der Waals surface area contributed by atoms with E-state index >= 15 is 0 Å². The van der Waals surface area contributed by atoms with Crippen LogP contribution in [0.25, 0.3) is 0 Å². The molecule has 65 heavy (non-hydrogen) atoms. The summed E-state index contributed by atoms with van der Waals surface area (Å²) in [7, 11) is 0. The van der Waals surface area contributed by atoms with Crippen molar-refractivity contribution in [3.8, 4) is 0 Å². The van der Waals surface area contributed by atoms with Gasteiger partial charge < -0.3 is 14.2 Å². The van der Waals surface area contributed by atoms with Crippen molar-refractivity contribution in [2.45, 2.75) is 245 Å². The van der Waals surface area contributed by atoms with Gasteiger partial charge in [-0.3, -0.25) is 14.4 Å². The fraction of sp³-hybridized carbons (Fsp3) is 0.678. The standard InChI is InChI=1S/C59H98O6/c1-4-7-10-13-16-19-22-25-26-27-28-29-30-31-32-35-37-40-43-46-49-52-58(61)64-55-56(65-59(62)53-50-47-44-41-38-34-24-21-18-15-12-9-6-3)54-63-57(60)51-48-45-42-39-36-33-23-20-17-14-11-8-5-2/h7,10-12,14-16,19-21,23-26,28-29,56H,4-6,8-9,13,17-18,22,27,30-55H2,1-3H3/b10-7-,14-11-,15-12-,19-16-,23-20-,24-21-,26-25-,29-28-. The first-order valence-corrected chi connectivity index (χ1v) is 26.7. The minimum absolute atomic E-state index is 0.0931. The minimum Gasteiger partial charge on any atom is -0.462 e. The number of unbranched alkanes of at least 4 members (excludes halogenated alkanes) is 20. The maximum atomic E-state index is 12.8. The van der Waals surface area contributed by atoms with Crippen molar-refractivity contribution in [3.63, 3.8) is 0 Å². The molecule has 0 N–H and O–H groups in total. The van der Waals surface area contributed by atoms with E-state index in [1.807, 2.05) is 0 Å². The van der Waals surface area contributed by atoms with Crippen molar-refractivity contribution in [3.05, 3.63) is 97.2 Å². The first-order chi connectivity index (χ1) is 32.0. The third-order valence-electron chi connectivity index (χ3n) is 11.0. The lowest BCUT2D eigenvalue weighted by molar-refractivity contribution is -0.167. The molecule has 1 unspecified atom stereocenters. The zero-order valence-electron chi connectivity index (χ0n) is 42.2. The Labute approximate surface area is 400 Å². The first kappa shape index (κ1) is 61.3. The average Bonchev–Trinajstić information content (AvgIpc) is 3.30. The lowest BCUT2D eigenvalue weighted by Crippen LogP contribution is -2.30. The summed E-state index contributed by atoms with van der Waals surface area (Å²) < 4.78 is 16.8. The van der Waals surface area contributed by atoms with E-state index in [0.29, 0.717) is 19.3 Å². The Morgan fingerprint density at radius 2 is 0.600 bits per heavy atom. The number of hydrogen-bond acceptors (Lipinski definition) is 6. The molecular formula is C59H98O6. The average molecular weight is 903 g/mol. The zero-order chi connectivity index (χ0) is 47.2. The molecule has 0 saturated carbocycles. The largest absolute Gasteiger partial charge is 0.462 e. The van der Waals surface area contributed by atoms with E-state index in [2.05, 4.69) is 118 Å². The van der Waals surface area contributed by atoms with Crippen LogP contribution in [-0.2, 0) is 28.6 Å². The van der Waals surface area contributed by atoms with Crippen molar-refractivity contribution in [1.29, 1.82) is 0 Å². The minimum atomic E-state index is -0.794. The number of rotatable bonds is 47.